The van der Waals surface area contributed by atoms with Gasteiger partial charge in [-0.15, -0.1) is 0 Å². The van der Waals surface area contributed by atoms with Crippen LogP contribution >= 0.6 is 15.6 Å². The van der Waals surface area contributed by atoms with Gasteiger partial charge in [-0.1, -0.05) is 229 Å². The number of carbonyl (C=O) groups excluding carboxylic acids is 4. The molecule has 0 aromatic heterocycles. The number of rotatable bonds is 57. The van der Waals surface area contributed by atoms with Crippen molar-refractivity contribution in [3.05, 3.63) is 0 Å². The normalized spacial score (nSPS) is 15.3. The van der Waals surface area contributed by atoms with Gasteiger partial charge in [0.25, 0.3) is 0 Å². The molecule has 0 rings (SSSR count). The van der Waals surface area contributed by atoms with Crippen LogP contribution in [0, 0.1) is 23.7 Å². The summed E-state index contributed by atoms with van der Waals surface area (Å²) < 4.78 is 67.7. The maximum Gasteiger partial charge on any atom is 0.472 e. The maximum absolute atomic E-state index is 12.9. The maximum atomic E-state index is 12.9. The van der Waals surface area contributed by atoms with E-state index < -0.39 is 97.5 Å². The van der Waals surface area contributed by atoms with Crippen LogP contribution in [0.3, 0.4) is 0 Å². The van der Waals surface area contributed by atoms with E-state index in [1.165, 1.54) is 70.6 Å². The van der Waals surface area contributed by atoms with Crippen LogP contribution in [0.15, 0.2) is 0 Å². The van der Waals surface area contributed by atoms with Crippen LogP contribution in [0.2, 0.25) is 0 Å². The third-order valence-electron chi connectivity index (χ3n) is 14.3. The zero-order valence-electron chi connectivity index (χ0n) is 51.0. The molecule has 0 aromatic rings. The van der Waals surface area contributed by atoms with Crippen LogP contribution in [0.4, 0.5) is 0 Å². The standard InChI is InChI=1S/C60H116O17P2/c1-9-52(7)38-30-22-15-18-25-33-41-58(63)71-46-55(76-59(64)42-34-26-13-11-12-20-28-36-50(3)4)48-74-78(66,67)72-44-54(61)45-73-79(68,69)75-49-56(47-70-57(62)40-32-24-17-14-21-29-37-51(5)6)77-60(65)43-35-27-19-16-23-31-39-53(8)10-2/h50-56,61H,9-49H2,1-8H3,(H,66,67)(H,68,69)/t52?,53?,54-,55-,56-/m1/s1. The summed E-state index contributed by atoms with van der Waals surface area (Å²) in [6.07, 6.45) is 28.3. The van der Waals surface area contributed by atoms with Crippen LogP contribution in [-0.4, -0.2) is 96.7 Å². The molecular formula is C60H116O17P2. The molecule has 0 fully saturated rings. The Bertz CT molecular complexity index is 1600. The van der Waals surface area contributed by atoms with Gasteiger partial charge in [0.05, 0.1) is 26.4 Å². The average molecular weight is 1170 g/mol. The highest BCUT2D eigenvalue weighted by atomic mass is 31.2. The molecule has 4 unspecified atom stereocenters. The molecule has 0 saturated heterocycles. The summed E-state index contributed by atoms with van der Waals surface area (Å²) in [6.45, 7) is 13.8. The van der Waals surface area contributed by atoms with Gasteiger partial charge in [-0.25, -0.2) is 9.13 Å². The van der Waals surface area contributed by atoms with E-state index in [-0.39, 0.29) is 25.7 Å². The molecule has 0 aliphatic heterocycles. The number of phosphoric acid groups is 2. The summed E-state index contributed by atoms with van der Waals surface area (Å²) in [6, 6.07) is 0. The van der Waals surface area contributed by atoms with Crippen molar-refractivity contribution in [3.8, 4) is 0 Å². The average Bonchev–Trinajstić information content (AvgIpc) is 3.40. The van der Waals surface area contributed by atoms with Crippen LogP contribution in [0.1, 0.15) is 280 Å². The first kappa shape index (κ1) is 77.1. The highest BCUT2D eigenvalue weighted by molar-refractivity contribution is 7.47. The number of unbranched alkanes of at least 4 members (excludes halogenated alkanes) is 21. The Morgan fingerprint density at radius 2 is 0.608 bits per heavy atom. The highest BCUT2D eigenvalue weighted by Crippen LogP contribution is 2.45. The molecule has 3 N–H and O–H groups in total. The van der Waals surface area contributed by atoms with Gasteiger partial charge >= 0.3 is 39.5 Å². The van der Waals surface area contributed by atoms with Gasteiger partial charge in [-0.3, -0.25) is 37.3 Å². The SMILES string of the molecule is CCC(C)CCCCCCCCC(=O)OC[C@H](COP(=O)(O)OC[C@@H](O)COP(=O)(O)OC[C@@H](COC(=O)CCCCCCCCC(C)C)OC(=O)CCCCCCCCC(C)CC)OC(=O)CCCCCCCCCC(C)C. The fourth-order valence-electron chi connectivity index (χ4n) is 8.66. The minimum Gasteiger partial charge on any atom is -0.462 e. The Balaban J connectivity index is 5.26. The highest BCUT2D eigenvalue weighted by Gasteiger charge is 2.30. The first-order chi connectivity index (χ1) is 37.7. The second kappa shape index (κ2) is 50.6. The Hall–Kier alpha value is -1.94. The molecule has 0 aromatic carbocycles. The lowest BCUT2D eigenvalue weighted by molar-refractivity contribution is -0.161. The first-order valence-electron chi connectivity index (χ1n) is 31.3. The Morgan fingerprint density at radius 3 is 0.899 bits per heavy atom. The second-order valence-corrected chi connectivity index (χ2v) is 26.1. The number of hydrogen-bond acceptors (Lipinski definition) is 15. The van der Waals surface area contributed by atoms with Crippen molar-refractivity contribution in [2.45, 2.75) is 298 Å². The lowest BCUT2D eigenvalue weighted by Gasteiger charge is -2.21. The summed E-state index contributed by atoms with van der Waals surface area (Å²) in [4.78, 5) is 71.9. The van der Waals surface area contributed by atoms with Gasteiger partial charge in [-0.2, -0.15) is 0 Å². The molecule has 0 heterocycles. The summed E-state index contributed by atoms with van der Waals surface area (Å²) in [5.74, 6) is 0.675. The van der Waals surface area contributed by atoms with Crippen molar-refractivity contribution >= 4 is 39.5 Å². The van der Waals surface area contributed by atoms with Crippen molar-refractivity contribution in [2.75, 3.05) is 39.6 Å². The van der Waals surface area contributed by atoms with E-state index in [2.05, 4.69) is 55.4 Å². The molecule has 0 radical (unpaired) electrons. The quantitative estimate of drug-likeness (QED) is 0.0222. The van der Waals surface area contributed by atoms with Gasteiger partial charge in [0.2, 0.25) is 0 Å². The monoisotopic (exact) mass is 1170 g/mol. The van der Waals surface area contributed by atoms with E-state index in [9.17, 15) is 43.2 Å². The zero-order valence-corrected chi connectivity index (χ0v) is 52.8. The first-order valence-corrected chi connectivity index (χ1v) is 34.3. The molecular weight excluding hydrogens is 1050 g/mol. The van der Waals surface area contributed by atoms with Gasteiger partial charge in [0.15, 0.2) is 12.2 Å². The molecule has 79 heavy (non-hydrogen) atoms. The number of aliphatic hydroxyl groups is 1. The molecule has 0 spiro atoms. The van der Waals surface area contributed by atoms with Crippen molar-refractivity contribution in [3.63, 3.8) is 0 Å². The third kappa shape index (κ3) is 52.6. The number of phosphoric ester groups is 2. The van der Waals surface area contributed by atoms with Crippen LogP contribution in [-0.2, 0) is 65.4 Å². The molecule has 0 aliphatic rings. The molecule has 19 heteroatoms. The molecule has 0 saturated carbocycles. The van der Waals surface area contributed by atoms with E-state index in [0.29, 0.717) is 37.5 Å². The predicted molar refractivity (Wildman–Crippen MR) is 312 cm³/mol. The Labute approximate surface area is 479 Å². The number of hydrogen-bond donors (Lipinski definition) is 3. The van der Waals surface area contributed by atoms with Gasteiger partial charge in [-0.05, 0) is 49.4 Å². The topological polar surface area (TPSA) is 237 Å². The van der Waals surface area contributed by atoms with Gasteiger partial charge in [0, 0.05) is 25.7 Å². The lowest BCUT2D eigenvalue weighted by Crippen LogP contribution is -2.30. The van der Waals surface area contributed by atoms with E-state index in [1.807, 2.05) is 0 Å². The number of aliphatic hydroxyl groups excluding tert-OH is 1. The van der Waals surface area contributed by atoms with Gasteiger partial charge in [0.1, 0.15) is 19.3 Å². The molecule has 17 nitrogen and oxygen atoms in total. The molecule has 7 atom stereocenters. The van der Waals surface area contributed by atoms with Crippen molar-refractivity contribution in [2.24, 2.45) is 23.7 Å². The third-order valence-corrected chi connectivity index (χ3v) is 16.2. The van der Waals surface area contributed by atoms with Crippen LogP contribution < -0.4 is 0 Å². The molecule has 468 valence electrons. The number of ether oxygens (including phenoxy) is 4. The smallest absolute Gasteiger partial charge is 0.462 e. The number of esters is 4. The van der Waals surface area contributed by atoms with E-state index in [4.69, 9.17) is 37.0 Å². The summed E-state index contributed by atoms with van der Waals surface area (Å²) in [5, 5.41) is 10.5. The van der Waals surface area contributed by atoms with Gasteiger partial charge < -0.3 is 33.8 Å². The fourth-order valence-corrected chi connectivity index (χ4v) is 10.2. The Morgan fingerprint density at radius 1 is 0.354 bits per heavy atom. The van der Waals surface area contributed by atoms with Crippen LogP contribution in [0.25, 0.3) is 0 Å². The summed E-state index contributed by atoms with van der Waals surface area (Å²) in [5.41, 5.74) is 0. The van der Waals surface area contributed by atoms with Crippen molar-refractivity contribution in [1.29, 1.82) is 0 Å². The largest absolute Gasteiger partial charge is 0.472 e. The minimum atomic E-state index is -4.94. The lowest BCUT2D eigenvalue weighted by atomic mass is 10.00. The van der Waals surface area contributed by atoms with E-state index in [1.54, 1.807) is 0 Å². The van der Waals surface area contributed by atoms with E-state index >= 15 is 0 Å². The molecule has 0 amide bonds. The fraction of sp³-hybridized carbons (Fsp3) is 0.933. The second-order valence-electron chi connectivity index (χ2n) is 23.2. The summed E-state index contributed by atoms with van der Waals surface area (Å²) >= 11 is 0. The Kier molecular flexibility index (Phi) is 49.3. The van der Waals surface area contributed by atoms with Crippen molar-refractivity contribution in [1.82, 2.24) is 0 Å². The summed E-state index contributed by atoms with van der Waals surface area (Å²) in [7, 11) is -9.88. The van der Waals surface area contributed by atoms with Crippen LogP contribution in [0.5, 0.6) is 0 Å². The van der Waals surface area contributed by atoms with Crippen molar-refractivity contribution < 1.29 is 80.2 Å². The number of carbonyl (C=O) groups is 4. The molecule has 0 bridgehead atoms. The zero-order chi connectivity index (χ0) is 59.0. The minimum absolute atomic E-state index is 0.101. The van der Waals surface area contributed by atoms with E-state index in [0.717, 1.165) is 115 Å². The molecule has 0 aliphatic carbocycles. The predicted octanol–water partition coefficient (Wildman–Crippen LogP) is 15.8.